The zero-order valence-corrected chi connectivity index (χ0v) is 26.5. The van der Waals surface area contributed by atoms with Crippen LogP contribution in [0.1, 0.15) is 53.4 Å². The topological polar surface area (TPSA) is 171 Å². The van der Waals surface area contributed by atoms with Crippen molar-refractivity contribution in [2.24, 2.45) is 5.92 Å². The van der Waals surface area contributed by atoms with Crippen LogP contribution in [0.3, 0.4) is 0 Å². The quantitative estimate of drug-likeness (QED) is 0.144. The maximum atomic E-state index is 12.7. The molecule has 2 saturated heterocycles. The van der Waals surface area contributed by atoms with Gasteiger partial charge >= 0.3 is 12.1 Å². The summed E-state index contributed by atoms with van der Waals surface area (Å²) in [4.78, 5) is 60.7. The van der Waals surface area contributed by atoms with Crippen molar-refractivity contribution >= 4 is 41.4 Å². The molecule has 0 aromatic carbocycles. The van der Waals surface area contributed by atoms with Gasteiger partial charge in [0.25, 0.3) is 0 Å². The van der Waals surface area contributed by atoms with E-state index in [0.717, 1.165) is 18.2 Å². The number of nitrogens with one attached hydrogen (secondary N) is 2. The molecule has 3 aliphatic rings. The van der Waals surface area contributed by atoms with E-state index in [1.165, 1.54) is 12.7 Å². The van der Waals surface area contributed by atoms with E-state index in [1.54, 1.807) is 14.0 Å². The third-order valence-corrected chi connectivity index (χ3v) is 9.00. The van der Waals surface area contributed by atoms with Gasteiger partial charge in [-0.2, -0.15) is 0 Å². The Morgan fingerprint density at radius 2 is 1.84 bits per heavy atom. The number of hydrogen-bond donors (Lipinski definition) is 2. The minimum atomic E-state index is -1.06. The number of esters is 1. The van der Waals surface area contributed by atoms with Crippen LogP contribution in [0.4, 0.5) is 4.79 Å². The highest BCUT2D eigenvalue weighted by atomic mass is 32.2. The third kappa shape index (κ3) is 9.48. The monoisotopic (exact) mass is 628 g/mol. The summed E-state index contributed by atoms with van der Waals surface area (Å²) in [6, 6.07) is -1.06. The van der Waals surface area contributed by atoms with E-state index in [0.29, 0.717) is 19.4 Å². The standard InChI is InChI=1S/C29H44N2O11S/c1-7-18(32)12-39-13-22(33)30-19(26(35)38-6)14-43-15-23(34)31-27(36)41-20-10-11-29(16-40-29)25(24(20)37-5)28(4)21(42-28)9-8-17(2)3/h8,19-21,24-25H,7,9-16H2,1-6H3,(H,30,33)(H,31,34,36)/t19-,20+,21+,24+,25+,28?,29-/m0/s1. The molecule has 0 aromatic rings. The molecule has 1 spiro atoms. The molecule has 43 heavy (non-hydrogen) atoms. The number of methoxy groups -OCH3 is 2. The Kier molecular flexibility index (Phi) is 12.6. The first-order valence-electron chi connectivity index (χ1n) is 14.4. The average Bonchev–Trinajstić information content (AvgIpc) is 3.88. The number of carbonyl (C=O) groups excluding carboxylic acids is 5. The Bertz CT molecular complexity index is 1070. The highest BCUT2D eigenvalue weighted by Crippen LogP contribution is 2.59. The number of carbonyl (C=O) groups is 5. The Labute approximate surface area is 256 Å². The van der Waals surface area contributed by atoms with E-state index < -0.39 is 54.3 Å². The molecule has 0 aromatic heterocycles. The third-order valence-electron chi connectivity index (χ3n) is 7.97. The van der Waals surface area contributed by atoms with Gasteiger partial charge in [-0.3, -0.25) is 19.7 Å². The summed E-state index contributed by atoms with van der Waals surface area (Å²) in [6.45, 7) is 7.79. The van der Waals surface area contributed by atoms with Crippen LogP contribution in [0.5, 0.6) is 0 Å². The molecule has 1 aliphatic carbocycles. The van der Waals surface area contributed by atoms with Gasteiger partial charge in [0.05, 0.1) is 31.5 Å². The fraction of sp³-hybridized carbons (Fsp3) is 0.759. The molecule has 2 N–H and O–H groups in total. The molecule has 1 saturated carbocycles. The van der Waals surface area contributed by atoms with E-state index in [1.807, 2.05) is 20.8 Å². The maximum absolute atomic E-state index is 12.7. The largest absolute Gasteiger partial charge is 0.467 e. The van der Waals surface area contributed by atoms with Crippen LogP contribution in [0.15, 0.2) is 11.6 Å². The normalized spacial score (nSPS) is 29.6. The van der Waals surface area contributed by atoms with E-state index in [9.17, 15) is 24.0 Å². The van der Waals surface area contributed by atoms with Gasteiger partial charge in [-0.15, -0.1) is 11.8 Å². The molecule has 0 bridgehead atoms. The SMILES string of the molecule is CCC(=O)COCC(=O)N[C@@H](CSCC(=O)NC(=O)O[C@@H]1CC[C@]2(CO2)[C@@H](C2(C)O[C@@H]2CC=C(C)C)[C@@H]1OC)C(=O)OC. The summed E-state index contributed by atoms with van der Waals surface area (Å²) in [7, 11) is 2.74. The van der Waals surface area contributed by atoms with Crippen LogP contribution in [-0.2, 0) is 47.6 Å². The average molecular weight is 629 g/mol. The molecule has 2 heterocycles. The summed E-state index contributed by atoms with van der Waals surface area (Å²) in [5.74, 6) is -2.45. The first-order valence-corrected chi connectivity index (χ1v) is 15.6. The molecule has 14 heteroatoms. The number of ketones is 1. The minimum Gasteiger partial charge on any atom is -0.467 e. The van der Waals surface area contributed by atoms with Crippen LogP contribution < -0.4 is 10.6 Å². The Hall–Kier alpha value is -2.52. The number of amides is 3. The van der Waals surface area contributed by atoms with E-state index in [2.05, 4.69) is 16.7 Å². The van der Waals surface area contributed by atoms with Gasteiger partial charge in [-0.25, -0.2) is 9.59 Å². The van der Waals surface area contributed by atoms with E-state index in [-0.39, 0.29) is 47.9 Å². The molecule has 13 nitrogen and oxygen atoms in total. The number of hydrogen-bond acceptors (Lipinski definition) is 12. The van der Waals surface area contributed by atoms with Gasteiger partial charge in [-0.1, -0.05) is 18.6 Å². The van der Waals surface area contributed by atoms with Crippen LogP contribution in [-0.4, -0.2) is 111 Å². The van der Waals surface area contributed by atoms with Crippen LogP contribution >= 0.6 is 11.8 Å². The number of Topliss-reactive ketones (excluding diaryl/α,β-unsaturated/α-hetero) is 1. The highest BCUT2D eigenvalue weighted by molar-refractivity contribution is 8.00. The van der Waals surface area contributed by atoms with Crippen molar-refractivity contribution in [3.8, 4) is 0 Å². The summed E-state index contributed by atoms with van der Waals surface area (Å²) >= 11 is 1.01. The van der Waals surface area contributed by atoms with Gasteiger partial charge in [-0.05, 0) is 40.0 Å². The molecule has 2 aliphatic heterocycles. The number of allylic oxidation sites excluding steroid dienone is 1. The van der Waals surface area contributed by atoms with Crippen LogP contribution in [0.25, 0.3) is 0 Å². The van der Waals surface area contributed by atoms with Crippen molar-refractivity contribution in [3.63, 3.8) is 0 Å². The maximum Gasteiger partial charge on any atom is 0.414 e. The molecule has 242 valence electrons. The van der Waals surface area contributed by atoms with Crippen LogP contribution in [0.2, 0.25) is 0 Å². The van der Waals surface area contributed by atoms with Crippen molar-refractivity contribution in [1.82, 2.24) is 10.6 Å². The minimum absolute atomic E-state index is 0.000594. The molecular weight excluding hydrogens is 584 g/mol. The number of imide groups is 1. The fourth-order valence-electron chi connectivity index (χ4n) is 5.56. The Morgan fingerprint density at radius 3 is 2.44 bits per heavy atom. The predicted octanol–water partition coefficient (Wildman–Crippen LogP) is 1.70. The Balaban J connectivity index is 1.47. The predicted molar refractivity (Wildman–Crippen MR) is 155 cm³/mol. The molecule has 3 rings (SSSR count). The number of alkyl carbamates (subject to hydrolysis) is 1. The van der Waals surface area contributed by atoms with E-state index in [4.69, 9.17) is 28.4 Å². The van der Waals surface area contributed by atoms with Gasteiger partial charge in [0.15, 0.2) is 5.78 Å². The first kappa shape index (κ1) is 35.0. The van der Waals surface area contributed by atoms with Gasteiger partial charge in [0, 0.05) is 19.3 Å². The first-order chi connectivity index (χ1) is 20.4. The summed E-state index contributed by atoms with van der Waals surface area (Å²) < 4.78 is 33.4. The van der Waals surface area contributed by atoms with E-state index >= 15 is 0 Å². The smallest absolute Gasteiger partial charge is 0.414 e. The lowest BCUT2D eigenvalue weighted by Crippen LogP contribution is -2.56. The molecule has 3 amide bonds. The van der Waals surface area contributed by atoms with Gasteiger partial charge in [0.2, 0.25) is 11.8 Å². The summed E-state index contributed by atoms with van der Waals surface area (Å²) in [6.07, 6.45) is 2.40. The van der Waals surface area contributed by atoms with Crippen molar-refractivity contribution in [2.45, 2.75) is 88.9 Å². The zero-order valence-electron chi connectivity index (χ0n) is 25.7. The van der Waals surface area contributed by atoms with Crippen molar-refractivity contribution in [1.29, 1.82) is 0 Å². The second kappa shape index (κ2) is 15.5. The lowest BCUT2D eigenvalue weighted by atomic mass is 9.68. The number of thioether (sulfide) groups is 1. The van der Waals surface area contributed by atoms with Gasteiger partial charge < -0.3 is 33.7 Å². The summed E-state index contributed by atoms with van der Waals surface area (Å²) in [5, 5.41) is 4.68. The molecule has 0 radical (unpaired) electrons. The van der Waals surface area contributed by atoms with Crippen molar-refractivity contribution < 1.29 is 52.4 Å². The number of epoxide rings is 2. The van der Waals surface area contributed by atoms with Crippen LogP contribution in [0, 0.1) is 5.92 Å². The molecular formula is C29H44N2O11S. The van der Waals surface area contributed by atoms with Crippen molar-refractivity contribution in [2.75, 3.05) is 45.5 Å². The van der Waals surface area contributed by atoms with Gasteiger partial charge in [0.1, 0.15) is 42.7 Å². The second-order valence-electron chi connectivity index (χ2n) is 11.4. The molecule has 7 atom stereocenters. The number of rotatable bonds is 16. The lowest BCUT2D eigenvalue weighted by Gasteiger charge is -2.42. The number of ether oxygens (including phenoxy) is 6. The zero-order chi connectivity index (χ0) is 31.8. The fourth-order valence-corrected chi connectivity index (χ4v) is 6.39. The second-order valence-corrected chi connectivity index (χ2v) is 12.4. The van der Waals surface area contributed by atoms with Crippen molar-refractivity contribution in [3.05, 3.63) is 11.6 Å². The molecule has 1 unspecified atom stereocenters. The highest BCUT2D eigenvalue weighted by Gasteiger charge is 2.72. The summed E-state index contributed by atoms with van der Waals surface area (Å²) in [5.41, 5.74) is 0.348. The Morgan fingerprint density at radius 1 is 1.12 bits per heavy atom. The lowest BCUT2D eigenvalue weighted by molar-refractivity contribution is -0.145. The molecule has 3 fully saturated rings.